The molecule has 0 amide bonds. The summed E-state index contributed by atoms with van der Waals surface area (Å²) in [6, 6.07) is 4.74. The number of hydrogen-bond donors (Lipinski definition) is 1. The maximum Gasteiger partial charge on any atom is 0.278 e. The van der Waals surface area contributed by atoms with E-state index in [1.807, 2.05) is 13.8 Å². The third-order valence-electron chi connectivity index (χ3n) is 6.01. The Kier molecular flexibility index (Phi) is 5.01. The largest absolute Gasteiger partial charge is 0.394 e. The summed E-state index contributed by atoms with van der Waals surface area (Å²) in [5, 5.41) is 23.8. The van der Waals surface area contributed by atoms with E-state index in [0.717, 1.165) is 12.8 Å². The second kappa shape index (κ2) is 7.66. The van der Waals surface area contributed by atoms with Crippen LogP contribution >= 0.6 is 11.6 Å². The van der Waals surface area contributed by atoms with Crippen molar-refractivity contribution in [1.29, 1.82) is 5.26 Å². The van der Waals surface area contributed by atoms with Gasteiger partial charge in [0.05, 0.1) is 39.9 Å². The third kappa shape index (κ3) is 3.31. The summed E-state index contributed by atoms with van der Waals surface area (Å²) in [4.78, 5) is 22.5. The lowest BCUT2D eigenvalue weighted by atomic mass is 10.1. The van der Waals surface area contributed by atoms with Gasteiger partial charge in [-0.2, -0.15) is 10.2 Å². The molecular weight excluding hydrogens is 448 g/mol. The van der Waals surface area contributed by atoms with Gasteiger partial charge in [0.1, 0.15) is 29.7 Å². The zero-order valence-electron chi connectivity index (χ0n) is 18.2. The van der Waals surface area contributed by atoms with Crippen LogP contribution in [0.2, 0.25) is 5.02 Å². The van der Waals surface area contributed by atoms with Crippen LogP contribution in [0.1, 0.15) is 57.2 Å². The number of nitrogens with zero attached hydrogens (tertiary/aromatic N) is 6. The minimum atomic E-state index is -0.617. The topological polar surface area (TPSA) is 131 Å². The van der Waals surface area contributed by atoms with Gasteiger partial charge in [-0.15, -0.1) is 0 Å². The SMILES string of the molecule is CC(CO)n1c(=O)c2c(-c3noc(C4CCC(C)(C)O4)n3)ncn2c2ccc(Cl)c(C#N)c21. The summed E-state index contributed by atoms with van der Waals surface area (Å²) in [7, 11) is 0. The van der Waals surface area contributed by atoms with Crippen molar-refractivity contribution >= 4 is 28.2 Å². The molecule has 11 heteroatoms. The standard InChI is InChI=1S/C22H21ClN6O4/c1-11(9-30)29-17-12(8-24)13(23)4-5-14(17)28-10-25-16(18(28)21(29)31)19-26-20(33-27-19)15-6-7-22(2,3)32-15/h4-5,10-11,15,30H,6-7,9H2,1-3H3. The Morgan fingerprint density at radius 1 is 1.39 bits per heavy atom. The van der Waals surface area contributed by atoms with Gasteiger partial charge in [-0.1, -0.05) is 16.8 Å². The number of imidazole rings is 1. The minimum absolute atomic E-state index is 0.145. The molecule has 33 heavy (non-hydrogen) atoms. The third-order valence-corrected chi connectivity index (χ3v) is 6.33. The van der Waals surface area contributed by atoms with Crippen molar-refractivity contribution in [3.05, 3.63) is 45.3 Å². The van der Waals surface area contributed by atoms with E-state index in [1.165, 1.54) is 10.9 Å². The molecule has 5 rings (SSSR count). The lowest BCUT2D eigenvalue weighted by molar-refractivity contribution is -0.0292. The quantitative estimate of drug-likeness (QED) is 0.482. The summed E-state index contributed by atoms with van der Waals surface area (Å²) in [6.45, 7) is 5.38. The van der Waals surface area contributed by atoms with E-state index >= 15 is 0 Å². The second-order valence-corrected chi connectivity index (χ2v) is 9.19. The van der Waals surface area contributed by atoms with Gasteiger partial charge in [0, 0.05) is 0 Å². The fraction of sp³-hybridized carbons (Fsp3) is 0.409. The average molecular weight is 469 g/mol. The number of halogens is 1. The molecule has 0 spiro atoms. The number of aliphatic hydroxyl groups is 1. The molecule has 4 heterocycles. The predicted octanol–water partition coefficient (Wildman–Crippen LogP) is 3.41. The fourth-order valence-corrected chi connectivity index (χ4v) is 4.53. The van der Waals surface area contributed by atoms with Crippen LogP contribution in [0.4, 0.5) is 0 Å². The van der Waals surface area contributed by atoms with E-state index in [1.54, 1.807) is 23.5 Å². The Labute approximate surface area is 193 Å². The predicted molar refractivity (Wildman–Crippen MR) is 119 cm³/mol. The normalized spacial score (nSPS) is 18.7. The Bertz CT molecular complexity index is 1490. The first-order chi connectivity index (χ1) is 15.8. The highest BCUT2D eigenvalue weighted by Crippen LogP contribution is 2.39. The zero-order chi connectivity index (χ0) is 23.5. The van der Waals surface area contributed by atoms with Crippen molar-refractivity contribution in [2.45, 2.75) is 51.4 Å². The molecule has 2 atom stereocenters. The summed E-state index contributed by atoms with van der Waals surface area (Å²) >= 11 is 6.24. The summed E-state index contributed by atoms with van der Waals surface area (Å²) in [5.74, 6) is 0.495. The Morgan fingerprint density at radius 2 is 2.18 bits per heavy atom. The van der Waals surface area contributed by atoms with Crippen LogP contribution in [0.25, 0.3) is 28.1 Å². The van der Waals surface area contributed by atoms with Gasteiger partial charge >= 0.3 is 0 Å². The molecule has 0 aliphatic carbocycles. The van der Waals surface area contributed by atoms with Crippen LogP contribution < -0.4 is 5.56 Å². The first-order valence-corrected chi connectivity index (χ1v) is 10.9. The number of ether oxygens (including phenoxy) is 1. The molecule has 0 bridgehead atoms. The van der Waals surface area contributed by atoms with E-state index in [9.17, 15) is 15.2 Å². The number of aliphatic hydroxyl groups excluding tert-OH is 1. The van der Waals surface area contributed by atoms with Gasteiger partial charge in [0.2, 0.25) is 5.82 Å². The van der Waals surface area contributed by atoms with Crippen molar-refractivity contribution in [2.75, 3.05) is 6.61 Å². The van der Waals surface area contributed by atoms with Gasteiger partial charge < -0.3 is 14.4 Å². The lowest BCUT2D eigenvalue weighted by Gasteiger charge is -2.18. The summed E-state index contributed by atoms with van der Waals surface area (Å²) in [6.07, 6.45) is 2.77. The second-order valence-electron chi connectivity index (χ2n) is 8.78. The van der Waals surface area contributed by atoms with Crippen molar-refractivity contribution in [3.63, 3.8) is 0 Å². The van der Waals surface area contributed by atoms with Crippen LogP contribution in [0.3, 0.4) is 0 Å². The molecular formula is C22H21ClN6O4. The monoisotopic (exact) mass is 468 g/mol. The van der Waals surface area contributed by atoms with Crippen LogP contribution in [-0.4, -0.2) is 41.4 Å². The molecule has 1 aliphatic heterocycles. The highest BCUT2D eigenvalue weighted by atomic mass is 35.5. The van der Waals surface area contributed by atoms with E-state index in [2.05, 4.69) is 21.2 Å². The van der Waals surface area contributed by atoms with E-state index in [-0.39, 0.29) is 45.9 Å². The first kappa shape index (κ1) is 21.6. The zero-order valence-corrected chi connectivity index (χ0v) is 19.0. The van der Waals surface area contributed by atoms with Crippen LogP contribution in [0.15, 0.2) is 27.8 Å². The Morgan fingerprint density at radius 3 is 2.85 bits per heavy atom. The highest BCUT2D eigenvalue weighted by molar-refractivity contribution is 6.32. The van der Waals surface area contributed by atoms with E-state index in [0.29, 0.717) is 16.9 Å². The van der Waals surface area contributed by atoms with Gasteiger partial charge in [-0.05, 0) is 45.7 Å². The van der Waals surface area contributed by atoms with Crippen LogP contribution in [0, 0.1) is 11.3 Å². The van der Waals surface area contributed by atoms with E-state index < -0.39 is 11.6 Å². The molecule has 3 aromatic heterocycles. The van der Waals surface area contributed by atoms with Crippen molar-refractivity contribution in [1.82, 2.24) is 24.1 Å². The molecule has 1 aromatic carbocycles. The number of rotatable bonds is 4. The first-order valence-electron chi connectivity index (χ1n) is 10.5. The molecule has 10 nitrogen and oxygen atoms in total. The summed E-state index contributed by atoms with van der Waals surface area (Å²) < 4.78 is 14.4. The Balaban J connectivity index is 1.75. The van der Waals surface area contributed by atoms with Crippen LogP contribution in [-0.2, 0) is 4.74 Å². The molecule has 170 valence electrons. The number of fused-ring (bicyclic) bond motifs is 3. The molecule has 2 unspecified atom stereocenters. The maximum absolute atomic E-state index is 13.7. The average Bonchev–Trinajstić information content (AvgIpc) is 3.51. The fourth-order valence-electron chi connectivity index (χ4n) is 4.33. The molecule has 1 aliphatic rings. The minimum Gasteiger partial charge on any atom is -0.394 e. The summed E-state index contributed by atoms with van der Waals surface area (Å²) in [5.41, 5.74) is 0.715. The molecule has 1 fully saturated rings. The lowest BCUT2D eigenvalue weighted by Crippen LogP contribution is -2.28. The number of nitriles is 1. The smallest absolute Gasteiger partial charge is 0.278 e. The van der Waals surface area contributed by atoms with Crippen LogP contribution in [0.5, 0.6) is 0 Å². The van der Waals surface area contributed by atoms with E-state index in [4.69, 9.17) is 20.9 Å². The number of aromatic nitrogens is 5. The molecule has 1 saturated heterocycles. The molecule has 4 aromatic rings. The van der Waals surface area contributed by atoms with Gasteiger partial charge in [-0.25, -0.2) is 4.98 Å². The Hall–Kier alpha value is -3.26. The van der Waals surface area contributed by atoms with Crippen molar-refractivity contribution in [3.8, 4) is 17.6 Å². The molecule has 1 N–H and O–H groups in total. The van der Waals surface area contributed by atoms with Gasteiger partial charge in [0.15, 0.2) is 0 Å². The highest BCUT2D eigenvalue weighted by Gasteiger charge is 2.36. The van der Waals surface area contributed by atoms with Crippen molar-refractivity contribution < 1.29 is 14.4 Å². The number of benzene rings is 1. The molecule has 0 radical (unpaired) electrons. The van der Waals surface area contributed by atoms with Crippen molar-refractivity contribution in [2.24, 2.45) is 0 Å². The maximum atomic E-state index is 13.7. The van der Waals surface area contributed by atoms with Gasteiger partial charge in [-0.3, -0.25) is 13.8 Å². The number of hydrogen-bond acceptors (Lipinski definition) is 8. The molecule has 0 saturated carbocycles. The van der Waals surface area contributed by atoms with Gasteiger partial charge in [0.25, 0.3) is 11.4 Å².